The number of hydrogen-bond acceptors (Lipinski definition) is 4. The first-order valence-corrected chi connectivity index (χ1v) is 9.34. The fraction of sp³-hybridized carbons (Fsp3) is 0.238. The number of anilines is 3. The van der Waals surface area contributed by atoms with E-state index in [-0.39, 0.29) is 0 Å². The highest BCUT2D eigenvalue weighted by Gasteiger charge is 2.18. The highest BCUT2D eigenvalue weighted by atomic mass is 35.5. The van der Waals surface area contributed by atoms with Crippen LogP contribution in [0.4, 0.5) is 17.5 Å². The number of hydrogen-bond donors (Lipinski definition) is 1. The topological polar surface area (TPSA) is 41.1 Å². The smallest absolute Gasteiger partial charge is 0.224 e. The molecule has 0 amide bonds. The molecule has 0 aliphatic carbocycles. The van der Waals surface area contributed by atoms with E-state index >= 15 is 0 Å². The number of aryl methyl sites for hydroxylation is 1. The van der Waals surface area contributed by atoms with Crippen molar-refractivity contribution in [2.75, 3.05) is 23.3 Å². The number of halogens is 1. The molecule has 26 heavy (non-hydrogen) atoms. The molecule has 0 unspecified atom stereocenters. The Morgan fingerprint density at radius 1 is 1.04 bits per heavy atom. The second kappa shape index (κ2) is 7.75. The summed E-state index contributed by atoms with van der Waals surface area (Å²) in [7, 11) is 0. The van der Waals surface area contributed by atoms with Gasteiger partial charge in [-0.2, -0.15) is 4.98 Å². The van der Waals surface area contributed by atoms with Gasteiger partial charge in [-0.15, -0.1) is 0 Å². The molecule has 0 saturated heterocycles. The number of nitrogens with one attached hydrogen (secondary N) is 1. The molecule has 0 atom stereocenters. The van der Waals surface area contributed by atoms with Gasteiger partial charge in [0.1, 0.15) is 5.82 Å². The Morgan fingerprint density at radius 3 is 2.77 bits per heavy atom. The predicted molar refractivity (Wildman–Crippen MR) is 107 cm³/mol. The number of nitrogens with zero attached hydrogens (tertiary/aromatic N) is 3. The van der Waals surface area contributed by atoms with Gasteiger partial charge >= 0.3 is 0 Å². The number of fused-ring (bicyclic) bond motifs is 1. The number of rotatable bonds is 5. The minimum atomic E-state index is 0.666. The lowest BCUT2D eigenvalue weighted by atomic mass is 10.0. The molecule has 2 heterocycles. The SMILES string of the molecule is Clc1ccc(CCNc2nccc(N3CCCc4ccccc43)n2)cc1. The molecule has 0 saturated carbocycles. The molecule has 0 fully saturated rings. The summed E-state index contributed by atoms with van der Waals surface area (Å²) in [6, 6.07) is 18.5. The second-order valence-electron chi connectivity index (χ2n) is 6.43. The highest BCUT2D eigenvalue weighted by molar-refractivity contribution is 6.30. The zero-order valence-corrected chi connectivity index (χ0v) is 15.3. The fourth-order valence-corrected chi connectivity index (χ4v) is 3.45. The van der Waals surface area contributed by atoms with Crippen LogP contribution in [0, 0.1) is 0 Å². The maximum atomic E-state index is 5.93. The lowest BCUT2D eigenvalue weighted by Crippen LogP contribution is -2.25. The van der Waals surface area contributed by atoms with Crippen LogP contribution in [0.2, 0.25) is 5.02 Å². The Balaban J connectivity index is 1.45. The van der Waals surface area contributed by atoms with E-state index in [1.54, 1.807) is 0 Å². The Bertz CT molecular complexity index is 879. The molecule has 0 spiro atoms. The predicted octanol–water partition coefficient (Wildman–Crippen LogP) is 4.87. The number of aromatic nitrogens is 2. The molecule has 3 aromatic rings. The largest absolute Gasteiger partial charge is 0.354 e. The summed E-state index contributed by atoms with van der Waals surface area (Å²) in [5.74, 6) is 1.61. The minimum Gasteiger partial charge on any atom is -0.354 e. The van der Waals surface area contributed by atoms with E-state index in [4.69, 9.17) is 16.6 Å². The van der Waals surface area contributed by atoms with Crippen molar-refractivity contribution >= 4 is 29.1 Å². The van der Waals surface area contributed by atoms with Gasteiger partial charge in [-0.1, -0.05) is 41.9 Å². The van der Waals surface area contributed by atoms with Crippen LogP contribution in [-0.4, -0.2) is 23.1 Å². The quantitative estimate of drug-likeness (QED) is 0.701. The standard InChI is InChI=1S/C21H21ClN4/c22-18-9-7-16(8-10-18)11-13-23-21-24-14-12-20(25-21)26-15-3-5-17-4-1-2-6-19(17)26/h1-2,4,6-10,12,14H,3,5,11,13,15H2,(H,23,24,25). The van der Waals surface area contributed by atoms with Crippen LogP contribution in [0.3, 0.4) is 0 Å². The van der Waals surface area contributed by atoms with Gasteiger partial charge in [0, 0.05) is 30.0 Å². The number of para-hydroxylation sites is 1. The maximum Gasteiger partial charge on any atom is 0.224 e. The molecule has 5 heteroatoms. The summed E-state index contributed by atoms with van der Waals surface area (Å²) in [5, 5.41) is 4.09. The molecule has 0 radical (unpaired) electrons. The first-order chi connectivity index (χ1) is 12.8. The maximum absolute atomic E-state index is 5.93. The van der Waals surface area contributed by atoms with Gasteiger partial charge in [0.25, 0.3) is 0 Å². The summed E-state index contributed by atoms with van der Waals surface area (Å²) >= 11 is 5.93. The molecule has 132 valence electrons. The van der Waals surface area contributed by atoms with Crippen LogP contribution in [0.15, 0.2) is 60.8 Å². The molecule has 1 aliphatic rings. The molecular weight excluding hydrogens is 344 g/mol. The van der Waals surface area contributed by atoms with E-state index in [2.05, 4.69) is 39.5 Å². The lowest BCUT2D eigenvalue weighted by molar-refractivity contribution is 0.758. The Hall–Kier alpha value is -2.59. The van der Waals surface area contributed by atoms with Crippen molar-refractivity contribution in [3.8, 4) is 0 Å². The first-order valence-electron chi connectivity index (χ1n) is 8.96. The van der Waals surface area contributed by atoms with Gasteiger partial charge in [-0.25, -0.2) is 4.98 Å². The van der Waals surface area contributed by atoms with Crippen LogP contribution in [0.25, 0.3) is 0 Å². The number of benzene rings is 2. The molecule has 1 aromatic heterocycles. The lowest BCUT2D eigenvalue weighted by Gasteiger charge is -2.30. The van der Waals surface area contributed by atoms with Gasteiger partial charge in [-0.05, 0) is 54.7 Å². The molecule has 4 rings (SSSR count). The van der Waals surface area contributed by atoms with E-state index in [9.17, 15) is 0 Å². The fourth-order valence-electron chi connectivity index (χ4n) is 3.33. The van der Waals surface area contributed by atoms with E-state index in [0.29, 0.717) is 5.95 Å². The summed E-state index contributed by atoms with van der Waals surface area (Å²) in [5.41, 5.74) is 3.88. The van der Waals surface area contributed by atoms with Gasteiger partial charge in [-0.3, -0.25) is 0 Å². The minimum absolute atomic E-state index is 0.666. The van der Waals surface area contributed by atoms with Crippen LogP contribution < -0.4 is 10.2 Å². The zero-order chi connectivity index (χ0) is 17.8. The normalized spacial score (nSPS) is 13.3. The second-order valence-corrected chi connectivity index (χ2v) is 6.86. The van der Waals surface area contributed by atoms with Crippen molar-refractivity contribution in [2.45, 2.75) is 19.3 Å². The molecule has 4 nitrogen and oxygen atoms in total. The van der Waals surface area contributed by atoms with Gasteiger partial charge < -0.3 is 10.2 Å². The van der Waals surface area contributed by atoms with Gasteiger partial charge in [0.15, 0.2) is 0 Å². The van der Waals surface area contributed by atoms with Gasteiger partial charge in [0.2, 0.25) is 5.95 Å². The van der Waals surface area contributed by atoms with Crippen LogP contribution in [0.1, 0.15) is 17.5 Å². The van der Waals surface area contributed by atoms with Crippen LogP contribution >= 0.6 is 11.6 Å². The van der Waals surface area contributed by atoms with Crippen LogP contribution in [0.5, 0.6) is 0 Å². The monoisotopic (exact) mass is 364 g/mol. The van der Waals surface area contributed by atoms with Crippen molar-refractivity contribution < 1.29 is 0 Å². The van der Waals surface area contributed by atoms with Crippen molar-refractivity contribution in [3.05, 3.63) is 76.9 Å². The molecule has 1 aliphatic heterocycles. The summed E-state index contributed by atoms with van der Waals surface area (Å²) in [4.78, 5) is 11.4. The van der Waals surface area contributed by atoms with E-state index < -0.39 is 0 Å². The van der Waals surface area contributed by atoms with Crippen molar-refractivity contribution in [3.63, 3.8) is 0 Å². The van der Waals surface area contributed by atoms with Crippen molar-refractivity contribution in [1.29, 1.82) is 0 Å². The first kappa shape index (κ1) is 16.9. The van der Waals surface area contributed by atoms with Gasteiger partial charge in [0.05, 0.1) is 0 Å². The Labute approximate surface area is 158 Å². The molecule has 2 aromatic carbocycles. The molecular formula is C21H21ClN4. The summed E-state index contributed by atoms with van der Waals surface area (Å²) in [6.07, 6.45) is 4.99. The van der Waals surface area contributed by atoms with E-state index in [1.807, 2.05) is 36.5 Å². The Morgan fingerprint density at radius 2 is 1.88 bits per heavy atom. The Kier molecular flexibility index (Phi) is 5.02. The average molecular weight is 365 g/mol. The molecule has 1 N–H and O–H groups in total. The summed E-state index contributed by atoms with van der Waals surface area (Å²) < 4.78 is 0. The molecule has 0 bridgehead atoms. The third kappa shape index (κ3) is 3.81. The highest BCUT2D eigenvalue weighted by Crippen LogP contribution is 2.32. The van der Waals surface area contributed by atoms with Crippen LogP contribution in [-0.2, 0) is 12.8 Å². The zero-order valence-electron chi connectivity index (χ0n) is 14.5. The van der Waals surface area contributed by atoms with E-state index in [0.717, 1.165) is 43.2 Å². The van der Waals surface area contributed by atoms with Crippen molar-refractivity contribution in [2.24, 2.45) is 0 Å². The van der Waals surface area contributed by atoms with E-state index in [1.165, 1.54) is 16.8 Å². The average Bonchev–Trinajstić information content (AvgIpc) is 2.69. The third-order valence-corrected chi connectivity index (χ3v) is 4.89. The third-order valence-electron chi connectivity index (χ3n) is 4.64. The summed E-state index contributed by atoms with van der Waals surface area (Å²) in [6.45, 7) is 1.76. The van der Waals surface area contributed by atoms with Crippen molar-refractivity contribution in [1.82, 2.24) is 9.97 Å².